The van der Waals surface area contributed by atoms with E-state index in [1.54, 1.807) is 22.5 Å². The van der Waals surface area contributed by atoms with Gasteiger partial charge in [-0.15, -0.1) is 0 Å². The molecule has 0 spiro atoms. The van der Waals surface area contributed by atoms with E-state index in [2.05, 4.69) is 16.9 Å². The number of fused-ring (bicyclic) bond motifs is 1. The Morgan fingerprint density at radius 3 is 2.82 bits per heavy atom. The molecule has 5 heteroatoms. The summed E-state index contributed by atoms with van der Waals surface area (Å²) in [7, 11) is 0. The molecule has 0 atom stereocenters. The number of aromatic nitrogens is 3. The third-order valence-corrected chi connectivity index (χ3v) is 4.45. The Bertz CT molecular complexity index is 873. The smallest absolute Gasteiger partial charge is 0.267 e. The highest BCUT2D eigenvalue weighted by Gasteiger charge is 2.13. The van der Waals surface area contributed by atoms with Gasteiger partial charge in [0, 0.05) is 11.9 Å². The fourth-order valence-electron chi connectivity index (χ4n) is 2.25. The number of hydrogen-bond donors (Lipinski definition) is 0. The Kier molecular flexibility index (Phi) is 4.24. The van der Waals surface area contributed by atoms with Crippen LogP contribution in [0.4, 0.5) is 0 Å². The highest BCUT2D eigenvalue weighted by Crippen LogP contribution is 2.21. The van der Waals surface area contributed by atoms with E-state index in [4.69, 9.17) is 0 Å². The molecule has 0 saturated carbocycles. The van der Waals surface area contributed by atoms with E-state index in [9.17, 15) is 4.79 Å². The van der Waals surface area contributed by atoms with Gasteiger partial charge in [0.25, 0.3) is 5.56 Å². The summed E-state index contributed by atoms with van der Waals surface area (Å²) in [6.45, 7) is 4.10. The summed E-state index contributed by atoms with van der Waals surface area (Å²) < 4.78 is 1.62. The molecular formula is C17H17N3OS. The zero-order valence-corrected chi connectivity index (χ0v) is 13.4. The summed E-state index contributed by atoms with van der Waals surface area (Å²) in [5.41, 5.74) is 1.73. The van der Waals surface area contributed by atoms with Crippen LogP contribution >= 0.6 is 11.8 Å². The van der Waals surface area contributed by atoms with Crippen LogP contribution in [0.2, 0.25) is 0 Å². The molecule has 22 heavy (non-hydrogen) atoms. The molecule has 1 aromatic carbocycles. The van der Waals surface area contributed by atoms with Crippen LogP contribution in [0.25, 0.3) is 16.7 Å². The van der Waals surface area contributed by atoms with Gasteiger partial charge in [-0.3, -0.25) is 4.79 Å². The lowest BCUT2D eigenvalue weighted by Gasteiger charge is -2.12. The molecule has 2 aromatic heterocycles. The molecule has 3 rings (SSSR count). The van der Waals surface area contributed by atoms with Crippen molar-refractivity contribution in [2.24, 2.45) is 0 Å². The molecular weight excluding hydrogens is 294 g/mol. The van der Waals surface area contributed by atoms with Crippen LogP contribution in [0.5, 0.6) is 0 Å². The second-order valence-electron chi connectivity index (χ2n) is 5.09. The molecule has 0 aliphatic carbocycles. The van der Waals surface area contributed by atoms with Gasteiger partial charge in [0.05, 0.1) is 10.9 Å². The standard InChI is InChI=1S/C17H17N3OS/c1-3-10-22-17-19-14-7-5-4-6-13(14)16(21)20(17)15-11-12(2)8-9-18-15/h4-9,11H,3,10H2,1-2H3. The molecule has 0 aliphatic rings. The number of aryl methyl sites for hydroxylation is 1. The Balaban J connectivity index is 2.29. The van der Waals surface area contributed by atoms with Gasteiger partial charge in [0.1, 0.15) is 5.82 Å². The first-order valence-electron chi connectivity index (χ1n) is 7.28. The van der Waals surface area contributed by atoms with Crippen molar-refractivity contribution >= 4 is 22.7 Å². The Morgan fingerprint density at radius 1 is 1.23 bits per heavy atom. The summed E-state index contributed by atoms with van der Waals surface area (Å²) in [5, 5.41) is 1.32. The molecule has 3 aromatic rings. The lowest BCUT2D eigenvalue weighted by atomic mass is 10.2. The van der Waals surface area contributed by atoms with Crippen LogP contribution in [0.3, 0.4) is 0 Å². The van der Waals surface area contributed by atoms with Crippen LogP contribution < -0.4 is 5.56 Å². The average Bonchev–Trinajstić information content (AvgIpc) is 2.53. The third kappa shape index (κ3) is 2.76. The van der Waals surface area contributed by atoms with Gasteiger partial charge in [0.2, 0.25) is 0 Å². The Hall–Kier alpha value is -2.14. The molecule has 0 fully saturated rings. The van der Waals surface area contributed by atoms with E-state index < -0.39 is 0 Å². The van der Waals surface area contributed by atoms with Crippen molar-refractivity contribution < 1.29 is 0 Å². The zero-order valence-electron chi connectivity index (χ0n) is 12.6. The zero-order chi connectivity index (χ0) is 15.5. The van der Waals surface area contributed by atoms with Crippen molar-refractivity contribution in [1.29, 1.82) is 0 Å². The Labute approximate surface area is 133 Å². The van der Waals surface area contributed by atoms with Gasteiger partial charge < -0.3 is 0 Å². The second kappa shape index (κ2) is 6.32. The van der Waals surface area contributed by atoms with Gasteiger partial charge in [-0.1, -0.05) is 30.8 Å². The first-order valence-corrected chi connectivity index (χ1v) is 8.27. The molecule has 0 aliphatic heterocycles. The van der Waals surface area contributed by atoms with Crippen molar-refractivity contribution in [3.8, 4) is 5.82 Å². The van der Waals surface area contributed by atoms with Crippen molar-refractivity contribution in [2.45, 2.75) is 25.4 Å². The number of rotatable bonds is 4. The van der Waals surface area contributed by atoms with Crippen molar-refractivity contribution in [3.63, 3.8) is 0 Å². The van der Waals surface area contributed by atoms with Gasteiger partial charge in [-0.05, 0) is 43.2 Å². The van der Waals surface area contributed by atoms with Crippen LogP contribution in [0.15, 0.2) is 52.5 Å². The number of benzene rings is 1. The van der Waals surface area contributed by atoms with Crippen molar-refractivity contribution in [2.75, 3.05) is 5.75 Å². The van der Waals surface area contributed by atoms with Crippen LogP contribution in [0.1, 0.15) is 18.9 Å². The van der Waals surface area contributed by atoms with Gasteiger partial charge in [-0.2, -0.15) is 0 Å². The molecule has 0 N–H and O–H groups in total. The monoisotopic (exact) mass is 311 g/mol. The molecule has 0 saturated heterocycles. The highest BCUT2D eigenvalue weighted by atomic mass is 32.2. The predicted molar refractivity (Wildman–Crippen MR) is 90.9 cm³/mol. The third-order valence-electron chi connectivity index (χ3n) is 3.31. The summed E-state index contributed by atoms with van der Waals surface area (Å²) in [4.78, 5) is 21.9. The van der Waals surface area contributed by atoms with Gasteiger partial charge in [-0.25, -0.2) is 14.5 Å². The Morgan fingerprint density at radius 2 is 2.05 bits per heavy atom. The maximum Gasteiger partial charge on any atom is 0.267 e. The maximum absolute atomic E-state index is 12.9. The van der Waals surface area contributed by atoms with E-state index in [1.807, 2.05) is 43.3 Å². The van der Waals surface area contributed by atoms with E-state index in [0.29, 0.717) is 16.4 Å². The van der Waals surface area contributed by atoms with Crippen LogP contribution in [-0.2, 0) is 0 Å². The first kappa shape index (κ1) is 14.8. The van der Waals surface area contributed by atoms with Crippen LogP contribution in [-0.4, -0.2) is 20.3 Å². The lowest BCUT2D eigenvalue weighted by Crippen LogP contribution is -2.22. The summed E-state index contributed by atoms with van der Waals surface area (Å²) in [6.07, 6.45) is 2.75. The topological polar surface area (TPSA) is 47.8 Å². The fraction of sp³-hybridized carbons (Fsp3) is 0.235. The van der Waals surface area contributed by atoms with Gasteiger partial charge in [0.15, 0.2) is 5.16 Å². The van der Waals surface area contributed by atoms with E-state index in [-0.39, 0.29) is 5.56 Å². The number of pyridine rings is 1. The average molecular weight is 311 g/mol. The quantitative estimate of drug-likeness (QED) is 0.546. The second-order valence-corrected chi connectivity index (χ2v) is 6.15. The molecule has 112 valence electrons. The molecule has 0 radical (unpaired) electrons. The van der Waals surface area contributed by atoms with Crippen molar-refractivity contribution in [1.82, 2.24) is 14.5 Å². The normalized spacial score (nSPS) is 11.0. The summed E-state index contributed by atoms with van der Waals surface area (Å²) >= 11 is 1.59. The summed E-state index contributed by atoms with van der Waals surface area (Å²) in [6, 6.07) is 11.3. The highest BCUT2D eigenvalue weighted by molar-refractivity contribution is 7.99. The first-order chi connectivity index (χ1) is 10.7. The molecule has 4 nitrogen and oxygen atoms in total. The lowest BCUT2D eigenvalue weighted by molar-refractivity contribution is 0.793. The number of para-hydroxylation sites is 1. The summed E-state index contributed by atoms with van der Waals surface area (Å²) in [5.74, 6) is 1.54. The van der Waals surface area contributed by atoms with Crippen LogP contribution in [0, 0.1) is 6.92 Å². The SMILES string of the molecule is CCCSc1nc2ccccc2c(=O)n1-c1cc(C)ccn1. The van der Waals surface area contributed by atoms with E-state index >= 15 is 0 Å². The van der Waals surface area contributed by atoms with E-state index in [1.165, 1.54) is 0 Å². The maximum atomic E-state index is 12.9. The predicted octanol–water partition coefficient (Wildman–Crippen LogP) is 3.59. The largest absolute Gasteiger partial charge is 0.268 e. The van der Waals surface area contributed by atoms with E-state index in [0.717, 1.165) is 23.3 Å². The molecule has 0 bridgehead atoms. The number of hydrogen-bond acceptors (Lipinski definition) is 4. The van der Waals surface area contributed by atoms with Gasteiger partial charge >= 0.3 is 0 Å². The molecule has 2 heterocycles. The number of thioether (sulfide) groups is 1. The minimum atomic E-state index is -0.0673. The minimum Gasteiger partial charge on any atom is -0.268 e. The van der Waals surface area contributed by atoms with Crippen molar-refractivity contribution in [3.05, 3.63) is 58.5 Å². The number of nitrogens with zero attached hydrogens (tertiary/aromatic N) is 3. The molecule has 0 amide bonds. The minimum absolute atomic E-state index is 0.0673. The fourth-order valence-corrected chi connectivity index (χ4v) is 3.10. The molecule has 0 unspecified atom stereocenters.